The highest BCUT2D eigenvalue weighted by Gasteiger charge is 2.37. The first kappa shape index (κ1) is 12.7. The van der Waals surface area contributed by atoms with Crippen LogP contribution in [0.15, 0.2) is 29.2 Å². The van der Waals surface area contributed by atoms with Gasteiger partial charge in [-0.3, -0.25) is 0 Å². The number of thioether (sulfide) groups is 1. The van der Waals surface area contributed by atoms with Gasteiger partial charge in [-0.25, -0.2) is 0 Å². The van der Waals surface area contributed by atoms with Gasteiger partial charge in [-0.15, -0.1) is 0 Å². The summed E-state index contributed by atoms with van der Waals surface area (Å²) in [7, 11) is 0. The van der Waals surface area contributed by atoms with E-state index in [0.717, 1.165) is 4.90 Å². The van der Waals surface area contributed by atoms with E-state index in [1.807, 2.05) is 12.1 Å². The summed E-state index contributed by atoms with van der Waals surface area (Å²) in [4.78, 5) is 0.881. The molecule has 0 saturated carbocycles. The van der Waals surface area contributed by atoms with E-state index >= 15 is 0 Å². The Hall–Kier alpha value is -0.790. The molecule has 94 valence electrons. The van der Waals surface area contributed by atoms with Gasteiger partial charge in [0, 0.05) is 10.6 Å². The third-order valence-electron chi connectivity index (χ3n) is 2.59. The number of ether oxygens (including phenoxy) is 1. The highest BCUT2D eigenvalue weighted by Crippen LogP contribution is 2.31. The molecule has 1 aliphatic heterocycles. The Kier molecular flexibility index (Phi) is 3.90. The van der Waals surface area contributed by atoms with Gasteiger partial charge in [-0.05, 0) is 24.3 Å². The Labute approximate surface area is 103 Å². The van der Waals surface area contributed by atoms with Gasteiger partial charge >= 0.3 is 0 Å². The smallest absolute Gasteiger partial charge is 0.136 e. The highest BCUT2D eigenvalue weighted by molar-refractivity contribution is 7.99. The molecule has 0 bridgehead atoms. The van der Waals surface area contributed by atoms with Gasteiger partial charge in [0.15, 0.2) is 0 Å². The van der Waals surface area contributed by atoms with Crippen LogP contribution in [-0.4, -0.2) is 45.7 Å². The summed E-state index contributed by atoms with van der Waals surface area (Å²) in [5.41, 5.74) is 5.64. The van der Waals surface area contributed by atoms with Crippen molar-refractivity contribution >= 4 is 17.4 Å². The number of hydrogen-bond donors (Lipinski definition) is 4. The van der Waals surface area contributed by atoms with E-state index in [4.69, 9.17) is 10.5 Å². The molecule has 0 spiro atoms. The molecule has 4 atom stereocenters. The summed E-state index contributed by atoms with van der Waals surface area (Å²) >= 11 is 1.29. The molecular formula is C11H15NO4S. The summed E-state index contributed by atoms with van der Waals surface area (Å²) in [6.45, 7) is 0.0187. The number of benzene rings is 1. The van der Waals surface area contributed by atoms with E-state index < -0.39 is 23.7 Å². The second-order valence-electron chi connectivity index (χ2n) is 3.94. The van der Waals surface area contributed by atoms with Crippen LogP contribution in [0.25, 0.3) is 0 Å². The molecule has 1 aromatic carbocycles. The summed E-state index contributed by atoms with van der Waals surface area (Å²) in [5.74, 6) is 0. The predicted octanol–water partition coefficient (Wildman–Crippen LogP) is -0.200. The van der Waals surface area contributed by atoms with Crippen molar-refractivity contribution in [1.29, 1.82) is 0 Å². The molecule has 1 saturated heterocycles. The van der Waals surface area contributed by atoms with Crippen molar-refractivity contribution in [3.05, 3.63) is 24.3 Å². The maximum Gasteiger partial charge on any atom is 0.136 e. The number of anilines is 1. The lowest BCUT2D eigenvalue weighted by molar-refractivity contribution is -0.161. The van der Waals surface area contributed by atoms with Crippen LogP contribution in [0, 0.1) is 0 Å². The molecule has 1 fully saturated rings. The number of aliphatic hydroxyl groups is 3. The quantitative estimate of drug-likeness (QED) is 0.548. The van der Waals surface area contributed by atoms with Gasteiger partial charge in [-0.2, -0.15) is 0 Å². The molecule has 0 unspecified atom stereocenters. The topological polar surface area (TPSA) is 95.9 Å². The maximum atomic E-state index is 9.74. The van der Waals surface area contributed by atoms with Crippen LogP contribution in [0.5, 0.6) is 0 Å². The largest absolute Gasteiger partial charge is 0.399 e. The lowest BCUT2D eigenvalue weighted by Crippen LogP contribution is -2.51. The lowest BCUT2D eigenvalue weighted by atomic mass is 10.1. The van der Waals surface area contributed by atoms with Gasteiger partial charge in [0.1, 0.15) is 23.7 Å². The van der Waals surface area contributed by atoms with Crippen molar-refractivity contribution in [3.63, 3.8) is 0 Å². The Morgan fingerprint density at radius 1 is 1.12 bits per heavy atom. The average molecular weight is 257 g/mol. The van der Waals surface area contributed by atoms with Gasteiger partial charge < -0.3 is 25.8 Å². The fourth-order valence-corrected chi connectivity index (χ4v) is 2.57. The molecule has 2 rings (SSSR count). The molecule has 1 aromatic rings. The monoisotopic (exact) mass is 257 g/mol. The Balaban J connectivity index is 2.01. The number of aliphatic hydroxyl groups excluding tert-OH is 3. The average Bonchev–Trinajstić information content (AvgIpc) is 2.33. The van der Waals surface area contributed by atoms with Crippen LogP contribution in [-0.2, 0) is 4.74 Å². The normalized spacial score (nSPS) is 33.6. The minimum atomic E-state index is -1.17. The van der Waals surface area contributed by atoms with E-state index in [2.05, 4.69) is 0 Å². The van der Waals surface area contributed by atoms with Crippen molar-refractivity contribution in [2.45, 2.75) is 28.6 Å². The van der Waals surface area contributed by atoms with Crippen molar-refractivity contribution in [1.82, 2.24) is 0 Å². The van der Waals surface area contributed by atoms with Crippen LogP contribution in [0.3, 0.4) is 0 Å². The number of nitrogens with two attached hydrogens (primary N) is 1. The summed E-state index contributed by atoms with van der Waals surface area (Å²) in [5, 5.41) is 28.6. The van der Waals surface area contributed by atoms with Gasteiger partial charge in [0.05, 0.1) is 6.61 Å². The summed E-state index contributed by atoms with van der Waals surface area (Å²) < 4.78 is 5.28. The van der Waals surface area contributed by atoms with Crippen LogP contribution >= 0.6 is 11.8 Å². The Morgan fingerprint density at radius 3 is 2.41 bits per heavy atom. The molecule has 0 amide bonds. The van der Waals surface area contributed by atoms with Gasteiger partial charge in [0.2, 0.25) is 0 Å². The van der Waals surface area contributed by atoms with Crippen molar-refractivity contribution in [2.24, 2.45) is 0 Å². The van der Waals surface area contributed by atoms with E-state index in [1.54, 1.807) is 12.1 Å². The number of nitrogen functional groups attached to an aromatic ring is 1. The zero-order valence-electron chi connectivity index (χ0n) is 9.06. The minimum absolute atomic E-state index is 0.0187. The molecule has 1 aliphatic rings. The summed E-state index contributed by atoms with van der Waals surface area (Å²) in [6, 6.07) is 7.13. The molecule has 1 heterocycles. The minimum Gasteiger partial charge on any atom is -0.399 e. The standard InChI is InChI=1S/C11H15NO4S/c12-6-1-3-7(4-2-6)17-11-10(15)9(14)8(13)5-16-11/h1-4,8-11,13-15H,5,12H2/t8-,9+,10+,11+/m0/s1. The molecule has 0 radical (unpaired) electrons. The van der Waals surface area contributed by atoms with E-state index in [0.29, 0.717) is 5.69 Å². The highest BCUT2D eigenvalue weighted by atomic mass is 32.2. The zero-order valence-corrected chi connectivity index (χ0v) is 9.88. The first-order chi connectivity index (χ1) is 8.08. The number of rotatable bonds is 2. The first-order valence-corrected chi connectivity index (χ1v) is 6.14. The molecule has 6 heteroatoms. The number of hydrogen-bond acceptors (Lipinski definition) is 6. The van der Waals surface area contributed by atoms with Gasteiger partial charge in [-0.1, -0.05) is 11.8 Å². The van der Waals surface area contributed by atoms with Crippen LogP contribution in [0.1, 0.15) is 0 Å². The predicted molar refractivity (Wildman–Crippen MR) is 64.5 cm³/mol. The van der Waals surface area contributed by atoms with E-state index in [-0.39, 0.29) is 6.61 Å². The van der Waals surface area contributed by atoms with Crippen LogP contribution < -0.4 is 5.73 Å². The zero-order chi connectivity index (χ0) is 12.4. The van der Waals surface area contributed by atoms with Crippen molar-refractivity contribution in [3.8, 4) is 0 Å². The molecule has 0 aliphatic carbocycles. The SMILES string of the molecule is Nc1ccc(S[C@H]2OC[C@H](O)[C@@H](O)[C@H]2O)cc1. The first-order valence-electron chi connectivity index (χ1n) is 5.26. The fourth-order valence-electron chi connectivity index (χ4n) is 1.56. The third kappa shape index (κ3) is 2.91. The molecule has 0 aromatic heterocycles. The van der Waals surface area contributed by atoms with Crippen LogP contribution in [0.2, 0.25) is 0 Å². The summed E-state index contributed by atoms with van der Waals surface area (Å²) in [6.07, 6.45) is -3.32. The fraction of sp³-hybridized carbons (Fsp3) is 0.455. The Morgan fingerprint density at radius 2 is 1.76 bits per heavy atom. The van der Waals surface area contributed by atoms with Gasteiger partial charge in [0.25, 0.3) is 0 Å². The van der Waals surface area contributed by atoms with Crippen molar-refractivity contribution < 1.29 is 20.1 Å². The molecule has 5 nitrogen and oxygen atoms in total. The van der Waals surface area contributed by atoms with E-state index in [9.17, 15) is 15.3 Å². The van der Waals surface area contributed by atoms with E-state index in [1.165, 1.54) is 11.8 Å². The molecule has 17 heavy (non-hydrogen) atoms. The second-order valence-corrected chi connectivity index (χ2v) is 5.11. The maximum absolute atomic E-state index is 9.74. The van der Waals surface area contributed by atoms with Crippen molar-refractivity contribution in [2.75, 3.05) is 12.3 Å². The Bertz CT molecular complexity index is 372. The molecule has 5 N–H and O–H groups in total. The third-order valence-corrected chi connectivity index (χ3v) is 3.78. The molecular weight excluding hydrogens is 242 g/mol. The van der Waals surface area contributed by atoms with Crippen LogP contribution in [0.4, 0.5) is 5.69 Å². The lowest BCUT2D eigenvalue weighted by Gasteiger charge is -2.34. The second kappa shape index (κ2) is 5.24.